The monoisotopic (exact) mass is 522 g/mol. The molecule has 0 fully saturated rings. The van der Waals surface area contributed by atoms with E-state index in [-0.39, 0.29) is 0 Å². The lowest BCUT2D eigenvalue weighted by Gasteiger charge is -2.11. The van der Waals surface area contributed by atoms with Gasteiger partial charge in [0.1, 0.15) is 0 Å². The molecule has 0 saturated heterocycles. The van der Waals surface area contributed by atoms with Crippen molar-refractivity contribution in [3.8, 4) is 0 Å². The number of fused-ring (bicyclic) bond motifs is 5. The second-order valence-electron chi connectivity index (χ2n) is 10.5. The van der Waals surface area contributed by atoms with Gasteiger partial charge in [0.05, 0.1) is 0 Å². The first-order valence-electron chi connectivity index (χ1n) is 14.2. The van der Waals surface area contributed by atoms with Crippen LogP contribution >= 0.6 is 0 Å². The van der Waals surface area contributed by atoms with Crippen molar-refractivity contribution >= 4 is 59.9 Å². The van der Waals surface area contributed by atoms with Crippen LogP contribution in [0.1, 0.15) is 11.1 Å². The third-order valence-corrected chi connectivity index (χ3v) is 7.93. The van der Waals surface area contributed by atoms with Crippen LogP contribution in [0.4, 0.5) is 0 Å². The van der Waals surface area contributed by atoms with Crippen LogP contribution in [-0.2, 0) is 6.42 Å². The molecular formula is C41H30. The Labute approximate surface area is 240 Å². The number of hydrogen-bond donors (Lipinski definition) is 0. The van der Waals surface area contributed by atoms with E-state index in [1.165, 1.54) is 65.0 Å². The van der Waals surface area contributed by atoms with Crippen LogP contribution in [0.5, 0.6) is 0 Å². The van der Waals surface area contributed by atoms with E-state index in [1.807, 2.05) is 0 Å². The topological polar surface area (TPSA) is 0 Å². The SMILES string of the molecule is C1=Cc2cccc3cccc(c23)C1.c1ccc2c(c1)ccc1ccccc12.c1ccc2cc3ccccc3cc2c1. The van der Waals surface area contributed by atoms with Crippen LogP contribution in [0.3, 0.4) is 0 Å². The van der Waals surface area contributed by atoms with Gasteiger partial charge in [-0.1, -0.05) is 158 Å². The van der Waals surface area contributed by atoms with E-state index in [0.717, 1.165) is 6.42 Å². The molecule has 0 atom stereocenters. The van der Waals surface area contributed by atoms with Gasteiger partial charge >= 0.3 is 0 Å². The summed E-state index contributed by atoms with van der Waals surface area (Å²) in [7, 11) is 0. The Hall–Kier alpha value is -5.20. The maximum absolute atomic E-state index is 2.24. The van der Waals surface area contributed by atoms with Gasteiger partial charge in [-0.05, 0) is 83.5 Å². The predicted molar refractivity (Wildman–Crippen MR) is 180 cm³/mol. The Morgan fingerprint density at radius 2 is 0.780 bits per heavy atom. The first-order chi connectivity index (χ1) is 20.3. The second kappa shape index (κ2) is 11.1. The molecule has 194 valence electrons. The molecule has 41 heavy (non-hydrogen) atoms. The van der Waals surface area contributed by atoms with E-state index < -0.39 is 0 Å². The van der Waals surface area contributed by atoms with Crippen LogP contribution in [0.2, 0.25) is 0 Å². The summed E-state index contributed by atoms with van der Waals surface area (Å²) in [4.78, 5) is 0. The standard InChI is InChI=1S/2C14H10.C13H10/c1-3-7-13-11(5-1)9-10-12-6-2-4-8-14(12)13;1-2-6-12-10-14-8-4-3-7-13(14)9-11(12)5-1;1-4-10-6-2-8-12-9-3-7-11(5-1)13(10)12/h2*1-10H;1-8H,9H2. The van der Waals surface area contributed by atoms with E-state index in [2.05, 4.69) is 170 Å². The molecule has 0 nitrogen and oxygen atoms in total. The number of rotatable bonds is 0. The molecule has 8 aromatic carbocycles. The first-order valence-corrected chi connectivity index (χ1v) is 14.2. The van der Waals surface area contributed by atoms with E-state index >= 15 is 0 Å². The molecule has 1 aliphatic rings. The van der Waals surface area contributed by atoms with E-state index in [1.54, 1.807) is 0 Å². The summed E-state index contributed by atoms with van der Waals surface area (Å²) in [6.07, 6.45) is 5.53. The van der Waals surface area contributed by atoms with Gasteiger partial charge in [-0.25, -0.2) is 0 Å². The molecule has 9 rings (SSSR count). The van der Waals surface area contributed by atoms with Crippen LogP contribution < -0.4 is 0 Å². The van der Waals surface area contributed by atoms with E-state index in [9.17, 15) is 0 Å². The lowest BCUT2D eigenvalue weighted by molar-refractivity contribution is 1.29. The molecule has 0 radical (unpaired) electrons. The van der Waals surface area contributed by atoms with Crippen molar-refractivity contribution in [2.24, 2.45) is 0 Å². The molecule has 0 spiro atoms. The molecule has 0 heteroatoms. The summed E-state index contributed by atoms with van der Waals surface area (Å²) in [5.41, 5.74) is 2.81. The van der Waals surface area contributed by atoms with Crippen molar-refractivity contribution in [1.82, 2.24) is 0 Å². The van der Waals surface area contributed by atoms with Crippen molar-refractivity contribution in [2.45, 2.75) is 6.42 Å². The van der Waals surface area contributed by atoms with Crippen molar-refractivity contribution in [1.29, 1.82) is 0 Å². The first kappa shape index (κ1) is 24.8. The number of benzene rings is 8. The molecule has 8 aromatic rings. The quantitative estimate of drug-likeness (QED) is 0.137. The third kappa shape index (κ3) is 5.09. The molecule has 0 amide bonds. The summed E-state index contributed by atoms with van der Waals surface area (Å²) in [5.74, 6) is 0. The average Bonchev–Trinajstić information content (AvgIpc) is 3.05. The fourth-order valence-electron chi connectivity index (χ4n) is 5.91. The molecule has 0 aliphatic heterocycles. The predicted octanol–water partition coefficient (Wildman–Crippen LogP) is 11.4. The van der Waals surface area contributed by atoms with E-state index in [4.69, 9.17) is 0 Å². The second-order valence-corrected chi connectivity index (χ2v) is 10.5. The fraction of sp³-hybridized carbons (Fsp3) is 0.0244. The average molecular weight is 523 g/mol. The molecule has 0 bridgehead atoms. The molecule has 0 saturated carbocycles. The Kier molecular flexibility index (Phi) is 6.73. The van der Waals surface area contributed by atoms with Gasteiger partial charge in [-0.15, -0.1) is 0 Å². The summed E-state index contributed by atoms with van der Waals surface area (Å²) >= 11 is 0. The Morgan fingerprint density at radius 1 is 0.341 bits per heavy atom. The van der Waals surface area contributed by atoms with Gasteiger partial charge in [0, 0.05) is 0 Å². The summed E-state index contributed by atoms with van der Waals surface area (Å²) in [5, 5.41) is 13.3. The highest BCUT2D eigenvalue weighted by Crippen LogP contribution is 2.28. The van der Waals surface area contributed by atoms with Crippen molar-refractivity contribution < 1.29 is 0 Å². The normalized spacial score (nSPS) is 11.7. The Bertz CT molecular complexity index is 2000. The molecular weight excluding hydrogens is 492 g/mol. The van der Waals surface area contributed by atoms with Crippen LogP contribution in [0, 0.1) is 0 Å². The lowest BCUT2D eigenvalue weighted by atomic mass is 9.93. The van der Waals surface area contributed by atoms with Crippen LogP contribution in [0.15, 0.2) is 164 Å². The number of allylic oxidation sites excluding steroid dienone is 1. The minimum absolute atomic E-state index is 1.08. The van der Waals surface area contributed by atoms with Crippen molar-refractivity contribution in [2.75, 3.05) is 0 Å². The van der Waals surface area contributed by atoms with Gasteiger partial charge in [0.2, 0.25) is 0 Å². The largest absolute Gasteiger partial charge is 0.0795 e. The molecule has 0 unspecified atom stereocenters. The molecule has 0 heterocycles. The van der Waals surface area contributed by atoms with Gasteiger partial charge in [0.15, 0.2) is 0 Å². The van der Waals surface area contributed by atoms with Gasteiger partial charge < -0.3 is 0 Å². The maximum Gasteiger partial charge on any atom is -0.00763 e. The number of hydrogen-bond acceptors (Lipinski definition) is 0. The van der Waals surface area contributed by atoms with E-state index in [0.29, 0.717) is 0 Å². The van der Waals surface area contributed by atoms with Crippen molar-refractivity contribution in [3.63, 3.8) is 0 Å². The third-order valence-electron chi connectivity index (χ3n) is 7.93. The zero-order valence-corrected chi connectivity index (χ0v) is 22.9. The highest BCUT2D eigenvalue weighted by Gasteiger charge is 2.06. The minimum atomic E-state index is 1.08. The lowest BCUT2D eigenvalue weighted by Crippen LogP contribution is -1.91. The highest BCUT2D eigenvalue weighted by molar-refractivity contribution is 6.07. The fourth-order valence-corrected chi connectivity index (χ4v) is 5.91. The minimum Gasteiger partial charge on any atom is -0.0795 e. The molecule has 0 N–H and O–H groups in total. The van der Waals surface area contributed by atoms with Gasteiger partial charge in [-0.3, -0.25) is 0 Å². The van der Waals surface area contributed by atoms with Crippen LogP contribution in [0.25, 0.3) is 59.9 Å². The van der Waals surface area contributed by atoms with Gasteiger partial charge in [0.25, 0.3) is 0 Å². The summed E-state index contributed by atoms with van der Waals surface area (Å²) < 4.78 is 0. The maximum atomic E-state index is 2.24. The zero-order valence-electron chi connectivity index (χ0n) is 22.9. The smallest absolute Gasteiger partial charge is 0.00763 e. The van der Waals surface area contributed by atoms with Gasteiger partial charge in [-0.2, -0.15) is 0 Å². The molecule has 0 aromatic heterocycles. The summed E-state index contributed by atoms with van der Waals surface area (Å²) in [6, 6.07) is 55.8. The Balaban J connectivity index is 0.000000101. The van der Waals surface area contributed by atoms with Crippen LogP contribution in [-0.4, -0.2) is 0 Å². The molecule has 1 aliphatic carbocycles. The highest BCUT2D eigenvalue weighted by atomic mass is 14.1. The summed E-state index contributed by atoms with van der Waals surface area (Å²) in [6.45, 7) is 0. The zero-order chi connectivity index (χ0) is 27.4. The Morgan fingerprint density at radius 3 is 1.32 bits per heavy atom. The van der Waals surface area contributed by atoms with Crippen molar-refractivity contribution in [3.05, 3.63) is 175 Å².